The molecule has 172 valence electrons. The minimum absolute atomic E-state index is 0.193. The summed E-state index contributed by atoms with van der Waals surface area (Å²) in [5, 5.41) is 3.07. The van der Waals surface area contributed by atoms with E-state index < -0.39 is 22.0 Å². The molecule has 9 heteroatoms. The van der Waals surface area contributed by atoms with Crippen LogP contribution in [0.3, 0.4) is 0 Å². The number of carbonyl (C=O) groups is 2. The molecule has 2 N–H and O–H groups in total. The van der Waals surface area contributed by atoms with Gasteiger partial charge in [-0.25, -0.2) is 13.1 Å². The fourth-order valence-corrected chi connectivity index (χ4v) is 4.18. The monoisotopic (exact) mass is 486 g/mol. The molecule has 0 spiro atoms. The molecule has 0 saturated heterocycles. The highest BCUT2D eigenvalue weighted by atomic mass is 35.5. The third kappa shape index (κ3) is 6.89. The Hall–Kier alpha value is -3.20. The molecule has 0 fully saturated rings. The van der Waals surface area contributed by atoms with Crippen molar-refractivity contribution in [1.82, 2.24) is 4.72 Å². The molecule has 0 aliphatic carbocycles. The van der Waals surface area contributed by atoms with Crippen molar-refractivity contribution in [2.75, 3.05) is 18.7 Å². The van der Waals surface area contributed by atoms with Crippen LogP contribution in [0.4, 0.5) is 5.69 Å². The third-order valence-electron chi connectivity index (χ3n) is 4.80. The van der Waals surface area contributed by atoms with E-state index in [4.69, 9.17) is 16.3 Å². The van der Waals surface area contributed by atoms with Crippen LogP contribution in [0.25, 0.3) is 0 Å². The van der Waals surface area contributed by atoms with Crippen LogP contribution >= 0.6 is 11.6 Å². The number of ether oxygens (including phenoxy) is 1. The van der Waals surface area contributed by atoms with E-state index in [-0.39, 0.29) is 23.5 Å². The van der Waals surface area contributed by atoms with Gasteiger partial charge in [0.15, 0.2) is 5.78 Å². The molecule has 0 radical (unpaired) electrons. The number of sulfonamides is 1. The zero-order valence-electron chi connectivity index (χ0n) is 18.0. The number of carbonyl (C=O) groups excluding carboxylic acids is 2. The number of amides is 1. The van der Waals surface area contributed by atoms with E-state index >= 15 is 0 Å². The topological polar surface area (TPSA) is 102 Å². The fourth-order valence-electron chi connectivity index (χ4n) is 3.27. The van der Waals surface area contributed by atoms with Crippen molar-refractivity contribution >= 4 is 39.0 Å². The lowest BCUT2D eigenvalue weighted by molar-refractivity contribution is -0.116. The summed E-state index contributed by atoms with van der Waals surface area (Å²) in [4.78, 5) is 25.9. The van der Waals surface area contributed by atoms with Crippen molar-refractivity contribution in [3.05, 3.63) is 94.5 Å². The molecular weight excluding hydrogens is 464 g/mol. The second kappa shape index (κ2) is 10.6. The lowest BCUT2D eigenvalue weighted by atomic mass is 10.0. The van der Waals surface area contributed by atoms with Crippen LogP contribution in [0.15, 0.2) is 72.8 Å². The summed E-state index contributed by atoms with van der Waals surface area (Å²) in [5.41, 5.74) is 1.56. The van der Waals surface area contributed by atoms with Gasteiger partial charge in [-0.1, -0.05) is 54.1 Å². The smallest absolute Gasteiger partial charge is 0.226 e. The van der Waals surface area contributed by atoms with Crippen molar-refractivity contribution in [3.8, 4) is 5.75 Å². The van der Waals surface area contributed by atoms with Gasteiger partial charge >= 0.3 is 0 Å². The van der Waals surface area contributed by atoms with Gasteiger partial charge in [0.25, 0.3) is 0 Å². The first-order valence-corrected chi connectivity index (χ1v) is 12.2. The molecule has 33 heavy (non-hydrogen) atoms. The van der Waals surface area contributed by atoms with E-state index in [0.717, 1.165) is 6.26 Å². The molecule has 1 atom stereocenters. The van der Waals surface area contributed by atoms with E-state index in [2.05, 4.69) is 10.0 Å². The molecular formula is C24H23ClN2O5S. The summed E-state index contributed by atoms with van der Waals surface area (Å²) in [6.45, 7) is 0. The number of methoxy groups -OCH3 is 1. The number of hydrogen-bond acceptors (Lipinski definition) is 5. The van der Waals surface area contributed by atoms with Crippen LogP contribution in [0.2, 0.25) is 5.02 Å². The Bertz CT molecular complexity index is 1250. The number of benzene rings is 3. The molecule has 7 nitrogen and oxygen atoms in total. The maximum absolute atomic E-state index is 13.0. The van der Waals surface area contributed by atoms with Crippen molar-refractivity contribution in [3.63, 3.8) is 0 Å². The Balaban J connectivity index is 1.85. The number of ketones is 1. The van der Waals surface area contributed by atoms with Gasteiger partial charge in [0.1, 0.15) is 5.75 Å². The first kappa shape index (κ1) is 24.4. The van der Waals surface area contributed by atoms with E-state index in [1.165, 1.54) is 13.2 Å². The van der Waals surface area contributed by atoms with Crippen LogP contribution in [-0.2, 0) is 14.8 Å². The minimum Gasteiger partial charge on any atom is -0.497 e. The summed E-state index contributed by atoms with van der Waals surface area (Å²) in [7, 11) is -2.08. The van der Waals surface area contributed by atoms with Gasteiger partial charge in [-0.2, -0.15) is 0 Å². The van der Waals surface area contributed by atoms with Gasteiger partial charge in [-0.3, -0.25) is 9.59 Å². The molecule has 0 bridgehead atoms. The Kier molecular flexibility index (Phi) is 7.86. The molecule has 0 aromatic heterocycles. The van der Waals surface area contributed by atoms with Gasteiger partial charge < -0.3 is 10.1 Å². The predicted molar refractivity (Wildman–Crippen MR) is 128 cm³/mol. The summed E-state index contributed by atoms with van der Waals surface area (Å²) in [6.07, 6.45) is 0.832. The molecule has 0 aliphatic rings. The fraction of sp³-hybridized carbons (Fsp3) is 0.167. The third-order valence-corrected chi connectivity index (χ3v) is 5.75. The number of hydrogen-bond donors (Lipinski definition) is 2. The van der Waals surface area contributed by atoms with E-state index in [1.54, 1.807) is 66.7 Å². The van der Waals surface area contributed by atoms with E-state index in [1.807, 2.05) is 0 Å². The lowest BCUT2D eigenvalue weighted by Crippen LogP contribution is -2.31. The largest absolute Gasteiger partial charge is 0.497 e. The van der Waals surface area contributed by atoms with Gasteiger partial charge in [0.05, 0.1) is 25.1 Å². The van der Waals surface area contributed by atoms with Crippen LogP contribution in [0.1, 0.15) is 33.9 Å². The van der Waals surface area contributed by atoms with Gasteiger partial charge in [-0.15, -0.1) is 0 Å². The highest BCUT2D eigenvalue weighted by Crippen LogP contribution is 2.26. The number of rotatable bonds is 9. The summed E-state index contributed by atoms with van der Waals surface area (Å²) in [6, 6.07) is 19.1. The molecule has 0 aliphatic heterocycles. The molecule has 3 aromatic carbocycles. The predicted octanol–water partition coefficient (Wildman–Crippen LogP) is 4.20. The van der Waals surface area contributed by atoms with Gasteiger partial charge in [-0.05, 0) is 35.9 Å². The van der Waals surface area contributed by atoms with Crippen LogP contribution in [0, 0.1) is 0 Å². The number of nitrogens with one attached hydrogen (secondary N) is 2. The molecule has 0 saturated carbocycles. The van der Waals surface area contributed by atoms with Crippen molar-refractivity contribution in [2.45, 2.75) is 12.5 Å². The molecule has 3 rings (SSSR count). The van der Waals surface area contributed by atoms with Gasteiger partial charge in [0.2, 0.25) is 15.9 Å². The molecule has 0 unspecified atom stereocenters. The molecule has 3 aromatic rings. The highest BCUT2D eigenvalue weighted by Gasteiger charge is 2.22. The Morgan fingerprint density at radius 2 is 1.67 bits per heavy atom. The lowest BCUT2D eigenvalue weighted by Gasteiger charge is -2.19. The summed E-state index contributed by atoms with van der Waals surface area (Å²) in [5.74, 6) is -0.169. The van der Waals surface area contributed by atoms with Crippen molar-refractivity contribution in [1.29, 1.82) is 0 Å². The zero-order valence-corrected chi connectivity index (χ0v) is 19.6. The number of anilines is 1. The first-order chi connectivity index (χ1) is 15.7. The maximum Gasteiger partial charge on any atom is 0.226 e. The van der Waals surface area contributed by atoms with Gasteiger partial charge in [0, 0.05) is 22.6 Å². The first-order valence-electron chi connectivity index (χ1n) is 9.96. The SMILES string of the molecule is COc1ccc([C@H](CC(=O)Nc2ccc(Cl)cc2C(=O)c2ccccc2)NS(C)(=O)=O)cc1. The van der Waals surface area contributed by atoms with Crippen LogP contribution < -0.4 is 14.8 Å². The standard InChI is InChI=1S/C24H23ClN2O5S/c1-32-19-11-8-16(9-12-19)22(27-33(2,30)31)15-23(28)26-21-13-10-18(25)14-20(21)24(29)17-6-4-3-5-7-17/h3-14,22,27H,15H2,1-2H3,(H,26,28)/t22-/m0/s1. The quantitative estimate of drug-likeness (QED) is 0.441. The highest BCUT2D eigenvalue weighted by molar-refractivity contribution is 7.88. The van der Waals surface area contributed by atoms with Crippen molar-refractivity contribution < 1.29 is 22.7 Å². The zero-order chi connectivity index (χ0) is 24.0. The maximum atomic E-state index is 13.0. The second-order valence-electron chi connectivity index (χ2n) is 7.35. The molecule has 1 amide bonds. The van der Waals surface area contributed by atoms with E-state index in [0.29, 0.717) is 21.9 Å². The Morgan fingerprint density at radius 1 is 1.00 bits per heavy atom. The molecule has 0 heterocycles. The van der Waals surface area contributed by atoms with Crippen LogP contribution in [0.5, 0.6) is 5.75 Å². The minimum atomic E-state index is -3.60. The van der Waals surface area contributed by atoms with Crippen molar-refractivity contribution in [2.24, 2.45) is 0 Å². The van der Waals surface area contributed by atoms with Crippen LogP contribution in [-0.4, -0.2) is 33.5 Å². The number of halogens is 1. The normalized spacial score (nSPS) is 12.1. The average Bonchev–Trinajstić information content (AvgIpc) is 2.79. The Labute approximate surface area is 197 Å². The second-order valence-corrected chi connectivity index (χ2v) is 9.57. The summed E-state index contributed by atoms with van der Waals surface area (Å²) < 4.78 is 31.4. The van der Waals surface area contributed by atoms with E-state index in [9.17, 15) is 18.0 Å². The summed E-state index contributed by atoms with van der Waals surface area (Å²) >= 11 is 6.09. The average molecular weight is 487 g/mol. The Morgan fingerprint density at radius 3 is 2.27 bits per heavy atom.